The molecule has 0 radical (unpaired) electrons. The van der Waals surface area contributed by atoms with E-state index in [2.05, 4.69) is 56.3 Å². The summed E-state index contributed by atoms with van der Waals surface area (Å²) in [6.45, 7) is 5.48. The molecule has 3 nitrogen and oxygen atoms in total. The number of ether oxygens (including phenoxy) is 3. The molecule has 1 unspecified atom stereocenters. The third kappa shape index (κ3) is 4.83. The maximum Gasteiger partial charge on any atom is 0.119 e. The van der Waals surface area contributed by atoms with Gasteiger partial charge in [0.2, 0.25) is 0 Å². The smallest absolute Gasteiger partial charge is 0.119 e. The highest BCUT2D eigenvalue weighted by molar-refractivity contribution is 5.43. The molecule has 1 atom stereocenters. The van der Waals surface area contributed by atoms with E-state index >= 15 is 0 Å². The van der Waals surface area contributed by atoms with Gasteiger partial charge < -0.3 is 14.2 Å². The van der Waals surface area contributed by atoms with Crippen LogP contribution < -0.4 is 0 Å². The van der Waals surface area contributed by atoms with Crippen molar-refractivity contribution in [1.29, 1.82) is 0 Å². The van der Waals surface area contributed by atoms with Gasteiger partial charge in [-0.25, -0.2) is 0 Å². The van der Waals surface area contributed by atoms with Crippen LogP contribution in [0.1, 0.15) is 25.8 Å². The van der Waals surface area contributed by atoms with Gasteiger partial charge in [-0.15, -0.1) is 0 Å². The Kier molecular flexibility index (Phi) is 6.83. The third-order valence-electron chi connectivity index (χ3n) is 4.39. The highest BCUT2D eigenvalue weighted by Gasteiger charge is 2.25. The van der Waals surface area contributed by atoms with Crippen LogP contribution >= 0.6 is 0 Å². The lowest BCUT2D eigenvalue weighted by atomic mass is 9.77. The monoisotopic (exact) mass is 328 g/mol. The summed E-state index contributed by atoms with van der Waals surface area (Å²) in [6.07, 6.45) is 9.39. The molecule has 0 N–H and O–H groups in total. The van der Waals surface area contributed by atoms with Crippen molar-refractivity contribution in [2.75, 3.05) is 27.4 Å². The second kappa shape index (κ2) is 8.86. The summed E-state index contributed by atoms with van der Waals surface area (Å²) in [5, 5.41) is 0. The van der Waals surface area contributed by atoms with Crippen LogP contribution in [-0.2, 0) is 19.6 Å². The van der Waals surface area contributed by atoms with Gasteiger partial charge in [-0.05, 0) is 29.7 Å². The Hall–Kier alpha value is -1.84. The van der Waals surface area contributed by atoms with E-state index in [1.165, 1.54) is 11.1 Å². The fourth-order valence-electron chi connectivity index (χ4n) is 2.75. The van der Waals surface area contributed by atoms with Gasteiger partial charge in [0.1, 0.15) is 18.5 Å². The number of allylic oxidation sites excluding steroid dienone is 5. The molecule has 0 bridgehead atoms. The van der Waals surface area contributed by atoms with Gasteiger partial charge in [0.15, 0.2) is 0 Å². The topological polar surface area (TPSA) is 27.7 Å². The second-order valence-electron chi connectivity index (χ2n) is 6.46. The van der Waals surface area contributed by atoms with Gasteiger partial charge >= 0.3 is 0 Å². The van der Waals surface area contributed by atoms with Crippen molar-refractivity contribution in [3.63, 3.8) is 0 Å². The molecule has 0 amide bonds. The van der Waals surface area contributed by atoms with E-state index in [-0.39, 0.29) is 11.5 Å². The maximum absolute atomic E-state index is 5.96. The second-order valence-corrected chi connectivity index (χ2v) is 6.46. The van der Waals surface area contributed by atoms with Gasteiger partial charge in [-0.3, -0.25) is 0 Å². The lowest BCUT2D eigenvalue weighted by Gasteiger charge is -2.27. The highest BCUT2D eigenvalue weighted by Crippen LogP contribution is 2.34. The van der Waals surface area contributed by atoms with Crippen molar-refractivity contribution in [2.45, 2.75) is 31.8 Å². The van der Waals surface area contributed by atoms with Crippen LogP contribution in [-0.4, -0.2) is 33.5 Å². The fraction of sp³-hybridized carbons (Fsp3) is 0.429. The molecule has 2 rings (SSSR count). The molecule has 1 aliphatic rings. The fourth-order valence-corrected chi connectivity index (χ4v) is 2.75. The van der Waals surface area contributed by atoms with Gasteiger partial charge in [0.05, 0.1) is 6.61 Å². The molecule has 0 spiro atoms. The van der Waals surface area contributed by atoms with Crippen molar-refractivity contribution >= 4 is 0 Å². The molecule has 0 saturated heterocycles. The Bertz CT molecular complexity index is 597. The standard InChI is InChI=1S/C21H28O3/c1-21(2,17-10-6-5-7-11-17)18-12-8-9-13-19(14-18)24-16-20(23-4)15-22-3/h5-7,9-14,20H,8,15-16H2,1-4H3. The van der Waals surface area contributed by atoms with Crippen molar-refractivity contribution in [2.24, 2.45) is 0 Å². The van der Waals surface area contributed by atoms with Crippen LogP contribution in [0.5, 0.6) is 0 Å². The van der Waals surface area contributed by atoms with Crippen LogP contribution in [0.15, 0.2) is 66.0 Å². The SMILES string of the molecule is COCC(COC1=CC(C(C)(C)c2ccccc2)=CCC=C1)OC. The zero-order chi connectivity index (χ0) is 17.4. The predicted octanol–water partition coefficient (Wildman–Crippen LogP) is 4.41. The Balaban J connectivity index is 2.15. The Morgan fingerprint density at radius 3 is 2.50 bits per heavy atom. The van der Waals surface area contributed by atoms with E-state index in [1.807, 2.05) is 12.1 Å². The lowest BCUT2D eigenvalue weighted by molar-refractivity contribution is -0.0128. The van der Waals surface area contributed by atoms with E-state index in [0.717, 1.165) is 12.2 Å². The predicted molar refractivity (Wildman–Crippen MR) is 98.0 cm³/mol. The minimum absolute atomic E-state index is 0.0675. The molecule has 1 aromatic carbocycles. The molecular weight excluding hydrogens is 300 g/mol. The number of hydrogen-bond donors (Lipinski definition) is 0. The van der Waals surface area contributed by atoms with E-state index in [1.54, 1.807) is 14.2 Å². The molecule has 0 aromatic heterocycles. The molecular formula is C21H28O3. The van der Waals surface area contributed by atoms with Crippen LogP contribution in [0.4, 0.5) is 0 Å². The molecule has 1 aliphatic carbocycles. The summed E-state index contributed by atoms with van der Waals surface area (Å²) >= 11 is 0. The Labute approximate surface area is 145 Å². The maximum atomic E-state index is 5.96. The molecule has 3 heteroatoms. The zero-order valence-electron chi connectivity index (χ0n) is 15.1. The largest absolute Gasteiger partial charge is 0.491 e. The first-order valence-electron chi connectivity index (χ1n) is 8.37. The van der Waals surface area contributed by atoms with Gasteiger partial charge in [-0.1, -0.05) is 56.3 Å². The van der Waals surface area contributed by atoms with Gasteiger partial charge in [0.25, 0.3) is 0 Å². The first-order valence-corrected chi connectivity index (χ1v) is 8.37. The summed E-state index contributed by atoms with van der Waals surface area (Å²) in [5.74, 6) is 0.862. The minimum Gasteiger partial charge on any atom is -0.491 e. The number of methoxy groups -OCH3 is 2. The molecule has 0 heterocycles. The first kappa shape index (κ1) is 18.5. The average molecular weight is 328 g/mol. The molecule has 1 aromatic rings. The Morgan fingerprint density at radius 1 is 1.08 bits per heavy atom. The normalized spacial score (nSPS) is 16.2. The first-order chi connectivity index (χ1) is 11.6. The number of rotatable bonds is 8. The number of hydrogen-bond acceptors (Lipinski definition) is 3. The van der Waals surface area contributed by atoms with E-state index in [4.69, 9.17) is 14.2 Å². The van der Waals surface area contributed by atoms with Crippen LogP contribution in [0.3, 0.4) is 0 Å². The highest BCUT2D eigenvalue weighted by atomic mass is 16.5. The van der Waals surface area contributed by atoms with Gasteiger partial charge in [0, 0.05) is 19.6 Å². The van der Waals surface area contributed by atoms with Crippen LogP contribution in [0.2, 0.25) is 0 Å². The Morgan fingerprint density at radius 2 is 1.83 bits per heavy atom. The summed E-state index contributed by atoms with van der Waals surface area (Å²) in [6, 6.07) is 10.6. The number of benzene rings is 1. The molecule has 24 heavy (non-hydrogen) atoms. The summed E-state index contributed by atoms with van der Waals surface area (Å²) in [4.78, 5) is 0. The van der Waals surface area contributed by atoms with Gasteiger partial charge in [-0.2, -0.15) is 0 Å². The van der Waals surface area contributed by atoms with E-state index in [0.29, 0.717) is 13.2 Å². The summed E-state index contributed by atoms with van der Waals surface area (Å²) < 4.78 is 16.5. The van der Waals surface area contributed by atoms with Crippen LogP contribution in [0.25, 0.3) is 0 Å². The van der Waals surface area contributed by atoms with E-state index < -0.39 is 0 Å². The van der Waals surface area contributed by atoms with Crippen molar-refractivity contribution < 1.29 is 14.2 Å². The van der Waals surface area contributed by atoms with Crippen molar-refractivity contribution in [3.05, 3.63) is 71.5 Å². The quantitative estimate of drug-likeness (QED) is 0.707. The average Bonchev–Trinajstić information content (AvgIpc) is 2.85. The van der Waals surface area contributed by atoms with Crippen LogP contribution in [0, 0.1) is 0 Å². The lowest BCUT2D eigenvalue weighted by Crippen LogP contribution is -2.23. The molecule has 130 valence electrons. The summed E-state index contributed by atoms with van der Waals surface area (Å²) in [7, 11) is 3.34. The zero-order valence-corrected chi connectivity index (χ0v) is 15.1. The summed E-state index contributed by atoms with van der Waals surface area (Å²) in [5.41, 5.74) is 2.48. The van der Waals surface area contributed by atoms with Crippen molar-refractivity contribution in [1.82, 2.24) is 0 Å². The molecule has 0 fully saturated rings. The molecule has 0 aliphatic heterocycles. The van der Waals surface area contributed by atoms with E-state index in [9.17, 15) is 0 Å². The third-order valence-corrected chi connectivity index (χ3v) is 4.39. The minimum atomic E-state index is -0.0743. The van der Waals surface area contributed by atoms with Crippen molar-refractivity contribution in [3.8, 4) is 0 Å². The molecule has 0 saturated carbocycles.